The predicted octanol–water partition coefficient (Wildman–Crippen LogP) is 7.48. The molecule has 42 heavy (non-hydrogen) atoms. The van der Waals surface area contributed by atoms with Gasteiger partial charge in [-0.1, -0.05) is 71.9 Å². The lowest BCUT2D eigenvalue weighted by molar-refractivity contribution is -0.137. The number of hydrogen-bond acceptors (Lipinski definition) is 7. The molecule has 1 N–H and O–H groups in total. The first-order chi connectivity index (χ1) is 20.2. The number of hydrogen-bond donors (Lipinski definition) is 1. The van der Waals surface area contributed by atoms with Gasteiger partial charge in [0, 0.05) is 34.4 Å². The van der Waals surface area contributed by atoms with Crippen LogP contribution in [0.15, 0.2) is 84.1 Å². The minimum absolute atomic E-state index is 0.0144. The minimum Gasteiger partial charge on any atom is -0.319 e. The van der Waals surface area contributed by atoms with Crippen molar-refractivity contribution in [2.45, 2.75) is 24.3 Å². The zero-order chi connectivity index (χ0) is 29.3. The van der Waals surface area contributed by atoms with Gasteiger partial charge in [-0.3, -0.25) is 4.79 Å². The fourth-order valence-electron chi connectivity index (χ4n) is 4.48. The van der Waals surface area contributed by atoms with Crippen molar-refractivity contribution in [2.75, 3.05) is 11.1 Å². The van der Waals surface area contributed by atoms with E-state index in [0.717, 1.165) is 40.4 Å². The van der Waals surface area contributed by atoms with Crippen molar-refractivity contribution in [3.63, 3.8) is 0 Å². The number of nitrogens with one attached hydrogen (secondary N) is 1. The van der Waals surface area contributed by atoms with Gasteiger partial charge in [-0.15, -0.1) is 21.5 Å². The molecular weight excluding hydrogens is 605 g/mol. The molecule has 0 saturated heterocycles. The maximum Gasteiger partial charge on any atom is 0.416 e. The van der Waals surface area contributed by atoms with Gasteiger partial charge in [0.25, 0.3) is 0 Å². The van der Waals surface area contributed by atoms with Gasteiger partial charge in [0.2, 0.25) is 11.1 Å². The van der Waals surface area contributed by atoms with Crippen LogP contribution in [0.1, 0.15) is 21.6 Å². The molecule has 6 rings (SSSR count). The van der Waals surface area contributed by atoms with Gasteiger partial charge >= 0.3 is 6.18 Å². The van der Waals surface area contributed by atoms with Crippen LogP contribution in [0.25, 0.3) is 22.1 Å². The van der Waals surface area contributed by atoms with Crippen molar-refractivity contribution in [1.82, 2.24) is 24.7 Å². The number of anilines is 1. The predicted molar refractivity (Wildman–Crippen MR) is 159 cm³/mol. The van der Waals surface area contributed by atoms with Crippen molar-refractivity contribution < 1.29 is 18.0 Å². The zero-order valence-electron chi connectivity index (χ0n) is 21.6. The van der Waals surface area contributed by atoms with E-state index in [1.165, 1.54) is 23.6 Å². The number of halogens is 4. The fourth-order valence-corrected chi connectivity index (χ4v) is 6.10. The minimum atomic E-state index is -4.47. The average Bonchev–Trinajstić information content (AvgIpc) is 3.54. The third kappa shape index (κ3) is 6.10. The van der Waals surface area contributed by atoms with Gasteiger partial charge < -0.3 is 9.88 Å². The molecule has 6 aromatic rings. The van der Waals surface area contributed by atoms with Crippen LogP contribution in [0, 0.1) is 0 Å². The molecule has 0 aliphatic heterocycles. The first-order valence-corrected chi connectivity index (χ1v) is 14.8. The molecule has 3 aromatic heterocycles. The Morgan fingerprint density at radius 3 is 2.62 bits per heavy atom. The van der Waals surface area contributed by atoms with E-state index < -0.39 is 11.7 Å². The third-order valence-electron chi connectivity index (χ3n) is 6.41. The smallest absolute Gasteiger partial charge is 0.319 e. The van der Waals surface area contributed by atoms with Gasteiger partial charge in [-0.05, 0) is 35.4 Å². The summed E-state index contributed by atoms with van der Waals surface area (Å²) in [6.07, 6.45) is -2.80. The summed E-state index contributed by atoms with van der Waals surface area (Å²) < 4.78 is 41.4. The molecule has 0 unspecified atom stereocenters. The molecule has 0 radical (unpaired) electrons. The quantitative estimate of drug-likeness (QED) is 0.177. The maximum atomic E-state index is 13.1. The highest BCUT2D eigenvalue weighted by Gasteiger charge is 2.31. The lowest BCUT2D eigenvalue weighted by Crippen LogP contribution is -2.14. The maximum absolute atomic E-state index is 13.1. The Kier molecular flexibility index (Phi) is 7.84. The molecule has 0 spiro atoms. The first kappa shape index (κ1) is 28.1. The molecule has 7 nitrogen and oxygen atoms in total. The van der Waals surface area contributed by atoms with Gasteiger partial charge in [0.15, 0.2) is 10.8 Å². The third-order valence-corrected chi connectivity index (χ3v) is 8.53. The molecule has 0 atom stereocenters. The topological polar surface area (TPSA) is 85.6 Å². The van der Waals surface area contributed by atoms with Gasteiger partial charge in [0.1, 0.15) is 5.52 Å². The standard InChI is InChI=1S/C29H20ClF3N6OS2/c30-22-11-10-19(29(31,32)33)12-18(22)13-20-14-34-27(42-20)35-24(40)16-41-28-36-26-25(37-38-28)21-8-4-5-9-23(21)39(26)15-17-6-2-1-3-7-17/h1-12,14H,13,15-16H2,(H,34,35,40). The van der Waals surface area contributed by atoms with Crippen LogP contribution < -0.4 is 5.32 Å². The fraction of sp³-hybridized carbons (Fsp3) is 0.138. The Labute approximate surface area is 250 Å². The number of aromatic nitrogens is 5. The van der Waals surface area contributed by atoms with Crippen molar-refractivity contribution in [3.05, 3.63) is 106 Å². The number of alkyl halides is 3. The Morgan fingerprint density at radius 2 is 1.81 bits per heavy atom. The number of thioether (sulfide) groups is 1. The molecule has 1 amide bonds. The number of carbonyl (C=O) groups is 1. The normalized spacial score (nSPS) is 11.8. The lowest BCUT2D eigenvalue weighted by atomic mass is 10.1. The number of nitrogens with zero attached hydrogens (tertiary/aromatic N) is 5. The van der Waals surface area contributed by atoms with E-state index in [9.17, 15) is 18.0 Å². The van der Waals surface area contributed by atoms with Crippen LogP contribution in [0.3, 0.4) is 0 Å². The Bertz CT molecular complexity index is 1910. The zero-order valence-corrected chi connectivity index (χ0v) is 24.0. The van der Waals surface area contributed by atoms with E-state index in [0.29, 0.717) is 38.4 Å². The Balaban J connectivity index is 1.14. The molecule has 212 valence electrons. The molecule has 3 heterocycles. The summed E-state index contributed by atoms with van der Waals surface area (Å²) in [4.78, 5) is 22.3. The van der Waals surface area contributed by atoms with Crippen LogP contribution in [-0.4, -0.2) is 36.4 Å². The summed E-state index contributed by atoms with van der Waals surface area (Å²) in [7, 11) is 0. The second-order valence-corrected chi connectivity index (χ2v) is 11.8. The number of rotatable bonds is 8. The lowest BCUT2D eigenvalue weighted by Gasteiger charge is -2.09. The van der Waals surface area contributed by atoms with Gasteiger partial charge in [-0.25, -0.2) is 9.97 Å². The van der Waals surface area contributed by atoms with Gasteiger partial charge in [-0.2, -0.15) is 13.2 Å². The number of carbonyl (C=O) groups excluding carboxylic acids is 1. The number of para-hydroxylation sites is 1. The molecule has 13 heteroatoms. The number of benzene rings is 3. The van der Waals surface area contributed by atoms with E-state index in [1.54, 1.807) is 0 Å². The molecule has 0 aliphatic rings. The summed E-state index contributed by atoms with van der Waals surface area (Å²) in [5, 5.41) is 13.3. The van der Waals surface area contributed by atoms with Crippen LogP contribution in [0.5, 0.6) is 0 Å². The SMILES string of the molecule is O=C(CSc1nnc2c3ccccc3n(Cc3ccccc3)c2n1)Nc1ncc(Cc2cc(C(F)(F)F)ccc2Cl)s1. The first-order valence-electron chi connectivity index (χ1n) is 12.6. The number of amides is 1. The molecular formula is C29H20ClF3N6OS2. The summed E-state index contributed by atoms with van der Waals surface area (Å²) >= 11 is 8.44. The monoisotopic (exact) mass is 624 g/mol. The van der Waals surface area contributed by atoms with Crippen LogP contribution in [0.2, 0.25) is 5.02 Å². The van der Waals surface area contributed by atoms with E-state index in [-0.39, 0.29) is 23.1 Å². The van der Waals surface area contributed by atoms with Crippen molar-refractivity contribution in [1.29, 1.82) is 0 Å². The molecule has 0 saturated carbocycles. The van der Waals surface area contributed by atoms with Crippen molar-refractivity contribution >= 4 is 67.8 Å². The summed E-state index contributed by atoms with van der Waals surface area (Å²) in [6.45, 7) is 0.603. The summed E-state index contributed by atoms with van der Waals surface area (Å²) in [5.41, 5.74) is 3.03. The van der Waals surface area contributed by atoms with Gasteiger partial charge in [0.05, 0.1) is 16.8 Å². The van der Waals surface area contributed by atoms with E-state index in [4.69, 9.17) is 16.6 Å². The van der Waals surface area contributed by atoms with Crippen LogP contribution in [0.4, 0.5) is 18.3 Å². The number of thiazole rings is 1. The highest BCUT2D eigenvalue weighted by Crippen LogP contribution is 2.33. The van der Waals surface area contributed by atoms with Crippen LogP contribution in [-0.2, 0) is 23.9 Å². The summed E-state index contributed by atoms with van der Waals surface area (Å²) in [5.74, 6) is -0.313. The number of fused-ring (bicyclic) bond motifs is 3. The van der Waals surface area contributed by atoms with E-state index >= 15 is 0 Å². The highest BCUT2D eigenvalue weighted by molar-refractivity contribution is 7.99. The Morgan fingerprint density at radius 1 is 1.02 bits per heavy atom. The largest absolute Gasteiger partial charge is 0.416 e. The molecule has 0 fully saturated rings. The van der Waals surface area contributed by atoms with Crippen molar-refractivity contribution in [3.8, 4) is 0 Å². The Hall–Kier alpha value is -4.00. The second kappa shape index (κ2) is 11.7. The van der Waals surface area contributed by atoms with Crippen molar-refractivity contribution in [2.24, 2.45) is 0 Å². The van der Waals surface area contributed by atoms with E-state index in [2.05, 4.69) is 25.1 Å². The molecule has 3 aromatic carbocycles. The average molecular weight is 625 g/mol. The highest BCUT2D eigenvalue weighted by atomic mass is 35.5. The molecule has 0 aliphatic carbocycles. The summed E-state index contributed by atoms with van der Waals surface area (Å²) in [6, 6.07) is 21.2. The van der Waals surface area contributed by atoms with Crippen LogP contribution >= 0.6 is 34.7 Å². The second-order valence-electron chi connectivity index (χ2n) is 9.30. The van der Waals surface area contributed by atoms with E-state index in [1.807, 2.05) is 54.6 Å². The molecule has 0 bridgehead atoms.